The van der Waals surface area contributed by atoms with Crippen molar-refractivity contribution in [1.82, 2.24) is 20.5 Å². The maximum absolute atomic E-state index is 12.1. The van der Waals surface area contributed by atoms with E-state index in [0.29, 0.717) is 18.9 Å². The van der Waals surface area contributed by atoms with E-state index in [9.17, 15) is 4.79 Å². The molecule has 0 unspecified atom stereocenters. The molecule has 0 spiro atoms. The highest BCUT2D eigenvalue weighted by molar-refractivity contribution is 5.92. The monoisotopic (exact) mass is 333 g/mol. The number of hydrogen-bond acceptors (Lipinski definition) is 5. The lowest BCUT2D eigenvalue weighted by molar-refractivity contribution is 0.0944. The molecule has 0 saturated carbocycles. The summed E-state index contributed by atoms with van der Waals surface area (Å²) in [6.45, 7) is 3.08. The molecular weight excluding hydrogens is 314 g/mol. The Hall–Kier alpha value is -3.28. The van der Waals surface area contributed by atoms with E-state index in [1.54, 1.807) is 18.3 Å². The van der Waals surface area contributed by atoms with E-state index in [2.05, 4.69) is 44.9 Å². The molecule has 0 fully saturated rings. The van der Waals surface area contributed by atoms with Crippen LogP contribution in [0.2, 0.25) is 0 Å². The minimum absolute atomic E-state index is 0.274. The lowest BCUT2D eigenvalue weighted by Crippen LogP contribution is -2.24. The zero-order valence-corrected chi connectivity index (χ0v) is 13.9. The fourth-order valence-corrected chi connectivity index (χ4v) is 2.31. The molecule has 3 aromatic rings. The van der Waals surface area contributed by atoms with Crippen molar-refractivity contribution in [3.05, 3.63) is 83.3 Å². The molecular formula is C19H19N5O. The average molecular weight is 333 g/mol. The Bertz CT molecular complexity index is 834. The van der Waals surface area contributed by atoms with Gasteiger partial charge in [-0.05, 0) is 42.3 Å². The Balaban J connectivity index is 1.54. The maximum atomic E-state index is 12.1. The number of nitrogens with one attached hydrogen (secondary N) is 2. The summed E-state index contributed by atoms with van der Waals surface area (Å²) in [5.41, 5.74) is 3.48. The van der Waals surface area contributed by atoms with Crippen LogP contribution in [0.25, 0.3) is 0 Å². The molecule has 0 aliphatic heterocycles. The molecule has 2 heterocycles. The van der Waals surface area contributed by atoms with Gasteiger partial charge in [-0.3, -0.25) is 9.78 Å². The average Bonchev–Trinajstić information content (AvgIpc) is 2.67. The lowest BCUT2D eigenvalue weighted by Gasteiger charge is -2.08. The molecule has 126 valence electrons. The number of amides is 1. The van der Waals surface area contributed by atoms with Gasteiger partial charge < -0.3 is 10.6 Å². The second-order valence-electron chi connectivity index (χ2n) is 5.59. The first-order chi connectivity index (χ1) is 12.2. The van der Waals surface area contributed by atoms with E-state index in [1.165, 1.54) is 11.1 Å². The van der Waals surface area contributed by atoms with E-state index in [0.717, 1.165) is 5.69 Å². The van der Waals surface area contributed by atoms with Crippen LogP contribution in [-0.2, 0) is 13.1 Å². The van der Waals surface area contributed by atoms with Gasteiger partial charge in [0.1, 0.15) is 5.82 Å². The largest absolute Gasteiger partial charge is 0.364 e. The van der Waals surface area contributed by atoms with E-state index in [-0.39, 0.29) is 11.6 Å². The number of aryl methyl sites for hydroxylation is 1. The van der Waals surface area contributed by atoms with Crippen LogP contribution in [0.3, 0.4) is 0 Å². The number of carbonyl (C=O) groups excluding carboxylic acids is 1. The summed E-state index contributed by atoms with van der Waals surface area (Å²) in [6.07, 6.45) is 1.69. The molecule has 6 nitrogen and oxygen atoms in total. The summed E-state index contributed by atoms with van der Waals surface area (Å²) in [5.74, 6) is 0.355. The van der Waals surface area contributed by atoms with Crippen molar-refractivity contribution in [2.45, 2.75) is 20.0 Å². The van der Waals surface area contributed by atoms with E-state index >= 15 is 0 Å². The first-order valence-electron chi connectivity index (χ1n) is 8.02. The predicted octanol–water partition coefficient (Wildman–Crippen LogP) is 2.72. The minimum atomic E-state index is -0.274. The standard InChI is InChI=1S/C19H19N5O/c1-14-6-2-3-7-15(14)12-21-18-10-9-17(23-24-18)19(25)22-13-16-8-4-5-11-20-16/h2-11H,12-13H2,1H3,(H,21,24)(H,22,25). The minimum Gasteiger partial charge on any atom is -0.364 e. The Labute approximate surface area is 146 Å². The SMILES string of the molecule is Cc1ccccc1CNc1ccc(C(=O)NCc2ccccn2)nn1. The molecule has 0 atom stereocenters. The molecule has 0 aliphatic carbocycles. The van der Waals surface area contributed by atoms with Gasteiger partial charge in [0.25, 0.3) is 5.91 Å². The zero-order chi connectivity index (χ0) is 17.5. The first-order valence-corrected chi connectivity index (χ1v) is 8.02. The second-order valence-corrected chi connectivity index (χ2v) is 5.59. The van der Waals surface area contributed by atoms with Crippen molar-refractivity contribution in [3.63, 3.8) is 0 Å². The van der Waals surface area contributed by atoms with Crippen LogP contribution in [0.5, 0.6) is 0 Å². The smallest absolute Gasteiger partial charge is 0.272 e. The topological polar surface area (TPSA) is 79.8 Å². The number of hydrogen-bond donors (Lipinski definition) is 2. The van der Waals surface area contributed by atoms with Crippen molar-refractivity contribution < 1.29 is 4.79 Å². The van der Waals surface area contributed by atoms with Crippen LogP contribution in [0.1, 0.15) is 27.3 Å². The normalized spacial score (nSPS) is 10.3. The third kappa shape index (κ3) is 4.60. The second kappa shape index (κ2) is 8.01. The van der Waals surface area contributed by atoms with Gasteiger partial charge in [-0.2, -0.15) is 0 Å². The Morgan fingerprint density at radius 2 is 1.80 bits per heavy atom. The summed E-state index contributed by atoms with van der Waals surface area (Å²) in [7, 11) is 0. The van der Waals surface area contributed by atoms with Gasteiger partial charge in [-0.25, -0.2) is 0 Å². The Morgan fingerprint density at radius 3 is 2.52 bits per heavy atom. The third-order valence-electron chi connectivity index (χ3n) is 3.77. The molecule has 2 N–H and O–H groups in total. The number of pyridine rings is 1. The summed E-state index contributed by atoms with van der Waals surface area (Å²) in [6, 6.07) is 17.1. The lowest BCUT2D eigenvalue weighted by atomic mass is 10.1. The number of nitrogens with zero attached hydrogens (tertiary/aromatic N) is 3. The zero-order valence-electron chi connectivity index (χ0n) is 13.9. The molecule has 2 aromatic heterocycles. The summed E-state index contributed by atoms with van der Waals surface area (Å²) in [4.78, 5) is 16.2. The number of rotatable bonds is 6. The molecule has 6 heteroatoms. The third-order valence-corrected chi connectivity index (χ3v) is 3.77. The van der Waals surface area contributed by atoms with Gasteiger partial charge in [0.2, 0.25) is 0 Å². The van der Waals surface area contributed by atoms with Gasteiger partial charge in [-0.1, -0.05) is 30.3 Å². The van der Waals surface area contributed by atoms with Crippen molar-refractivity contribution >= 4 is 11.7 Å². The quantitative estimate of drug-likeness (QED) is 0.725. The van der Waals surface area contributed by atoms with Crippen molar-refractivity contribution in [1.29, 1.82) is 0 Å². The highest BCUT2D eigenvalue weighted by Gasteiger charge is 2.08. The van der Waals surface area contributed by atoms with E-state index in [1.807, 2.05) is 30.3 Å². The maximum Gasteiger partial charge on any atom is 0.272 e. The fraction of sp³-hybridized carbons (Fsp3) is 0.158. The van der Waals surface area contributed by atoms with Gasteiger partial charge in [-0.15, -0.1) is 10.2 Å². The van der Waals surface area contributed by atoms with Crippen LogP contribution >= 0.6 is 0 Å². The molecule has 0 aliphatic rings. The number of anilines is 1. The van der Waals surface area contributed by atoms with Gasteiger partial charge in [0.05, 0.1) is 12.2 Å². The van der Waals surface area contributed by atoms with Gasteiger partial charge in [0, 0.05) is 12.7 Å². The number of aromatic nitrogens is 3. The predicted molar refractivity (Wildman–Crippen MR) is 95.9 cm³/mol. The van der Waals surface area contributed by atoms with Crippen LogP contribution < -0.4 is 10.6 Å². The molecule has 0 bridgehead atoms. The highest BCUT2D eigenvalue weighted by Crippen LogP contribution is 2.10. The Kier molecular flexibility index (Phi) is 5.31. The van der Waals surface area contributed by atoms with Crippen LogP contribution in [-0.4, -0.2) is 21.1 Å². The molecule has 1 aromatic carbocycles. The molecule has 0 radical (unpaired) electrons. The van der Waals surface area contributed by atoms with Gasteiger partial charge in [0.15, 0.2) is 5.69 Å². The van der Waals surface area contributed by atoms with Crippen LogP contribution in [0.15, 0.2) is 60.8 Å². The van der Waals surface area contributed by atoms with Gasteiger partial charge >= 0.3 is 0 Å². The Morgan fingerprint density at radius 1 is 0.960 bits per heavy atom. The van der Waals surface area contributed by atoms with E-state index in [4.69, 9.17) is 0 Å². The van der Waals surface area contributed by atoms with Crippen LogP contribution in [0.4, 0.5) is 5.82 Å². The van der Waals surface area contributed by atoms with Crippen LogP contribution in [0, 0.1) is 6.92 Å². The molecule has 0 saturated heterocycles. The number of benzene rings is 1. The van der Waals surface area contributed by atoms with Crippen molar-refractivity contribution in [2.24, 2.45) is 0 Å². The summed E-state index contributed by atoms with van der Waals surface area (Å²) >= 11 is 0. The van der Waals surface area contributed by atoms with E-state index < -0.39 is 0 Å². The van der Waals surface area contributed by atoms with Crippen molar-refractivity contribution in [2.75, 3.05) is 5.32 Å². The summed E-state index contributed by atoms with van der Waals surface area (Å²) < 4.78 is 0. The highest BCUT2D eigenvalue weighted by atomic mass is 16.1. The fourth-order valence-electron chi connectivity index (χ4n) is 2.31. The van der Waals surface area contributed by atoms with Crippen molar-refractivity contribution in [3.8, 4) is 0 Å². The molecule has 1 amide bonds. The first kappa shape index (κ1) is 16.6. The molecule has 25 heavy (non-hydrogen) atoms. The summed E-state index contributed by atoms with van der Waals surface area (Å²) in [5, 5.41) is 14.0. The molecule has 3 rings (SSSR count). The number of carbonyl (C=O) groups is 1.